The number of carboxylic acids is 1. The number of thioether (sulfide) groups is 1. The van der Waals surface area contributed by atoms with E-state index >= 15 is 0 Å². The minimum absolute atomic E-state index is 0.0213. The second kappa shape index (κ2) is 8.89. The van der Waals surface area contributed by atoms with Crippen molar-refractivity contribution in [1.82, 2.24) is 0 Å². The Balaban J connectivity index is 1.86. The Bertz CT molecular complexity index is 1180. The fourth-order valence-electron chi connectivity index (χ4n) is 3.36. The third-order valence-electron chi connectivity index (χ3n) is 5.15. The maximum atomic E-state index is 12.9. The number of carbonyl (C=O) groups excluding carboxylic acids is 1. The molecule has 0 amide bonds. The van der Waals surface area contributed by atoms with Gasteiger partial charge in [0.25, 0.3) is 0 Å². The molecular formula is C25H26O4S2. The van der Waals surface area contributed by atoms with Crippen molar-refractivity contribution < 1.29 is 19.4 Å². The number of thiophene rings is 1. The van der Waals surface area contributed by atoms with E-state index in [1.165, 1.54) is 30.1 Å². The molecule has 1 aromatic heterocycles. The number of benzene rings is 2. The van der Waals surface area contributed by atoms with Gasteiger partial charge in [0.15, 0.2) is 11.4 Å². The summed E-state index contributed by atoms with van der Waals surface area (Å²) in [4.78, 5) is 26.2. The molecule has 0 radical (unpaired) electrons. The van der Waals surface area contributed by atoms with Gasteiger partial charge in [0.1, 0.15) is 5.75 Å². The summed E-state index contributed by atoms with van der Waals surface area (Å²) in [5.41, 5.74) is 2.20. The van der Waals surface area contributed by atoms with E-state index in [0.717, 1.165) is 37.2 Å². The van der Waals surface area contributed by atoms with Crippen LogP contribution in [0, 0.1) is 20.8 Å². The summed E-state index contributed by atoms with van der Waals surface area (Å²) in [6.45, 7) is 8.79. The first kappa shape index (κ1) is 23.1. The van der Waals surface area contributed by atoms with Crippen LogP contribution in [-0.2, 0) is 4.79 Å². The van der Waals surface area contributed by atoms with Crippen LogP contribution in [0.25, 0.3) is 16.2 Å². The average molecular weight is 455 g/mol. The second-order valence-corrected chi connectivity index (χ2v) is 9.95. The second-order valence-electron chi connectivity index (χ2n) is 8.02. The third kappa shape index (κ3) is 4.86. The van der Waals surface area contributed by atoms with Crippen LogP contribution >= 0.6 is 23.1 Å². The van der Waals surface area contributed by atoms with Gasteiger partial charge in [0, 0.05) is 9.60 Å². The fraction of sp³-hybridized carbons (Fsp3) is 0.280. The molecule has 0 atom stereocenters. The van der Waals surface area contributed by atoms with Crippen LogP contribution in [0.15, 0.2) is 41.3 Å². The van der Waals surface area contributed by atoms with Gasteiger partial charge in [-0.25, -0.2) is 4.79 Å². The number of rotatable bonds is 7. The van der Waals surface area contributed by atoms with E-state index in [9.17, 15) is 14.7 Å². The lowest BCUT2D eigenvalue weighted by atomic mass is 10.0. The molecule has 0 aliphatic heterocycles. The Morgan fingerprint density at radius 1 is 1.10 bits per heavy atom. The number of ketones is 1. The van der Waals surface area contributed by atoms with E-state index < -0.39 is 11.6 Å². The lowest BCUT2D eigenvalue weighted by Crippen LogP contribution is -2.38. The molecule has 2 aromatic carbocycles. The predicted molar refractivity (Wildman–Crippen MR) is 130 cm³/mol. The first-order chi connectivity index (χ1) is 14.5. The molecule has 0 unspecified atom stereocenters. The van der Waals surface area contributed by atoms with Crippen LogP contribution in [-0.4, -0.2) is 28.7 Å². The third-order valence-corrected chi connectivity index (χ3v) is 7.15. The van der Waals surface area contributed by atoms with Crippen LogP contribution in [0.1, 0.15) is 45.8 Å². The molecule has 1 N–H and O–H groups in total. The van der Waals surface area contributed by atoms with E-state index in [2.05, 4.69) is 18.2 Å². The number of fused-ring (bicyclic) bond motifs is 1. The van der Waals surface area contributed by atoms with Crippen molar-refractivity contribution in [3.63, 3.8) is 0 Å². The van der Waals surface area contributed by atoms with Crippen LogP contribution in [0.5, 0.6) is 5.75 Å². The lowest BCUT2D eigenvalue weighted by Gasteiger charge is -2.24. The summed E-state index contributed by atoms with van der Waals surface area (Å²) < 4.78 is 6.87. The van der Waals surface area contributed by atoms with Gasteiger partial charge >= 0.3 is 5.97 Å². The van der Waals surface area contributed by atoms with Gasteiger partial charge in [-0.15, -0.1) is 23.1 Å². The van der Waals surface area contributed by atoms with Gasteiger partial charge in [-0.1, -0.05) is 12.1 Å². The van der Waals surface area contributed by atoms with Crippen molar-refractivity contribution in [2.24, 2.45) is 0 Å². The van der Waals surface area contributed by atoms with Gasteiger partial charge in [0.05, 0.1) is 4.88 Å². The topological polar surface area (TPSA) is 63.6 Å². The molecule has 0 saturated carbocycles. The standard InChI is InChI=1S/C25H26O4S2/c1-14-11-17(12-15(2)22(14)29-25(4,5)24(27)28)7-10-20(26)23-16(3)19-9-8-18(30-6)13-21(19)31-23/h7-13H,1-6H3,(H,27,28)/b10-7+. The summed E-state index contributed by atoms with van der Waals surface area (Å²) in [6.07, 6.45) is 5.44. The van der Waals surface area contributed by atoms with Gasteiger partial charge in [-0.2, -0.15) is 0 Å². The molecule has 0 fully saturated rings. The van der Waals surface area contributed by atoms with E-state index in [-0.39, 0.29) is 5.78 Å². The number of hydrogen-bond donors (Lipinski definition) is 1. The van der Waals surface area contributed by atoms with Gasteiger partial charge in [-0.05, 0) is 98.9 Å². The highest BCUT2D eigenvalue weighted by Gasteiger charge is 2.30. The van der Waals surface area contributed by atoms with Crippen LogP contribution in [0.3, 0.4) is 0 Å². The molecule has 31 heavy (non-hydrogen) atoms. The highest BCUT2D eigenvalue weighted by atomic mass is 32.2. The highest BCUT2D eigenvalue weighted by molar-refractivity contribution is 7.98. The van der Waals surface area contributed by atoms with Crippen molar-refractivity contribution in [1.29, 1.82) is 0 Å². The Labute approximate surface area is 190 Å². The molecule has 0 bridgehead atoms. The minimum Gasteiger partial charge on any atom is -0.478 e. The summed E-state index contributed by atoms with van der Waals surface area (Å²) in [6, 6.07) is 10.1. The Morgan fingerprint density at radius 2 is 1.74 bits per heavy atom. The quantitative estimate of drug-likeness (QED) is 0.245. The molecule has 3 aromatic rings. The molecule has 1 heterocycles. The monoisotopic (exact) mass is 454 g/mol. The van der Waals surface area contributed by atoms with Crippen molar-refractivity contribution in [3.8, 4) is 5.75 Å². The maximum Gasteiger partial charge on any atom is 0.347 e. The zero-order valence-corrected chi connectivity index (χ0v) is 20.2. The number of ether oxygens (including phenoxy) is 1. The SMILES string of the molecule is CSc1ccc2c(C)c(C(=O)/C=C/c3cc(C)c(OC(C)(C)C(=O)O)c(C)c3)sc2c1. The number of carboxylic acid groups (broad SMARTS) is 1. The Morgan fingerprint density at radius 3 is 2.32 bits per heavy atom. The van der Waals surface area contributed by atoms with Gasteiger partial charge in [0.2, 0.25) is 0 Å². The minimum atomic E-state index is -1.32. The van der Waals surface area contributed by atoms with Crippen LogP contribution < -0.4 is 4.74 Å². The molecule has 162 valence electrons. The van der Waals surface area contributed by atoms with E-state index in [1.54, 1.807) is 23.9 Å². The average Bonchev–Trinajstić information content (AvgIpc) is 3.04. The summed E-state index contributed by atoms with van der Waals surface area (Å²) in [5, 5.41) is 10.4. The van der Waals surface area contributed by atoms with Crippen LogP contribution in [0.4, 0.5) is 0 Å². The molecule has 0 aliphatic carbocycles. The van der Waals surface area contributed by atoms with Gasteiger partial charge < -0.3 is 9.84 Å². The number of allylic oxidation sites excluding steroid dienone is 1. The normalized spacial score (nSPS) is 11.9. The summed E-state index contributed by atoms with van der Waals surface area (Å²) in [7, 11) is 0. The number of carbonyl (C=O) groups is 2. The first-order valence-electron chi connectivity index (χ1n) is 9.86. The van der Waals surface area contributed by atoms with Crippen molar-refractivity contribution >= 4 is 51.0 Å². The molecular weight excluding hydrogens is 428 g/mol. The summed E-state index contributed by atoms with van der Waals surface area (Å²) >= 11 is 3.21. The highest BCUT2D eigenvalue weighted by Crippen LogP contribution is 2.34. The molecule has 0 saturated heterocycles. The fourth-order valence-corrected chi connectivity index (χ4v) is 5.04. The van der Waals surface area contributed by atoms with E-state index in [0.29, 0.717) is 5.75 Å². The molecule has 4 nitrogen and oxygen atoms in total. The number of aryl methyl sites for hydroxylation is 3. The molecule has 0 spiro atoms. The Hall–Kier alpha value is -2.57. The molecule has 0 aliphatic rings. The lowest BCUT2D eigenvalue weighted by molar-refractivity contribution is -0.152. The smallest absolute Gasteiger partial charge is 0.347 e. The number of aliphatic carboxylic acids is 1. The first-order valence-corrected chi connectivity index (χ1v) is 11.9. The van der Waals surface area contributed by atoms with Crippen molar-refractivity contribution in [2.45, 2.75) is 45.1 Å². The van der Waals surface area contributed by atoms with Crippen molar-refractivity contribution in [2.75, 3.05) is 6.26 Å². The maximum absolute atomic E-state index is 12.9. The predicted octanol–water partition coefficient (Wildman–Crippen LogP) is 6.69. The zero-order chi connectivity index (χ0) is 22.9. The van der Waals surface area contributed by atoms with E-state index in [4.69, 9.17) is 4.74 Å². The zero-order valence-electron chi connectivity index (χ0n) is 18.5. The van der Waals surface area contributed by atoms with Gasteiger partial charge in [-0.3, -0.25) is 4.79 Å². The molecule has 6 heteroatoms. The van der Waals surface area contributed by atoms with E-state index in [1.807, 2.05) is 39.2 Å². The largest absolute Gasteiger partial charge is 0.478 e. The van der Waals surface area contributed by atoms with Crippen LogP contribution in [0.2, 0.25) is 0 Å². The number of hydrogen-bond acceptors (Lipinski definition) is 5. The molecule has 3 rings (SSSR count). The van der Waals surface area contributed by atoms with Crippen molar-refractivity contribution in [3.05, 3.63) is 63.5 Å². The summed E-state index contributed by atoms with van der Waals surface area (Å²) in [5.74, 6) is -0.489. The Kier molecular flexibility index (Phi) is 6.62.